The zero-order chi connectivity index (χ0) is 26.1. The number of nitro groups is 1. The maximum absolute atomic E-state index is 13.0. The van der Waals surface area contributed by atoms with E-state index in [1.54, 1.807) is 30.3 Å². The Balaban J connectivity index is 1.36. The largest absolute Gasteiger partial charge is 0.507 e. The average Bonchev–Trinajstić information content (AvgIpc) is 3.56. The van der Waals surface area contributed by atoms with Gasteiger partial charge in [0, 0.05) is 42.2 Å². The van der Waals surface area contributed by atoms with E-state index >= 15 is 0 Å². The molecule has 1 amide bonds. The lowest BCUT2D eigenvalue weighted by atomic mass is 10.0. The molecule has 0 aliphatic heterocycles. The van der Waals surface area contributed by atoms with E-state index < -0.39 is 33.5 Å². The molecule has 0 unspecified atom stereocenters. The van der Waals surface area contributed by atoms with Gasteiger partial charge in [-0.3, -0.25) is 19.7 Å². The van der Waals surface area contributed by atoms with Crippen LogP contribution >= 0.6 is 0 Å². The van der Waals surface area contributed by atoms with Gasteiger partial charge in [-0.2, -0.15) is 5.10 Å². The summed E-state index contributed by atoms with van der Waals surface area (Å²) in [5.41, 5.74) is 0.931. The minimum Gasteiger partial charge on any atom is -0.507 e. The van der Waals surface area contributed by atoms with E-state index in [0.717, 1.165) is 30.5 Å². The summed E-state index contributed by atoms with van der Waals surface area (Å²) < 4.78 is 1.36. The molecule has 11 heteroatoms. The number of nitro benzene ring substituents is 1. The van der Waals surface area contributed by atoms with Gasteiger partial charge >= 0.3 is 5.69 Å². The Labute approximate surface area is 210 Å². The van der Waals surface area contributed by atoms with E-state index in [1.807, 2.05) is 0 Å². The monoisotopic (exact) mass is 501 g/mol. The summed E-state index contributed by atoms with van der Waals surface area (Å²) in [4.78, 5) is 39.9. The second kappa shape index (κ2) is 9.69. The first kappa shape index (κ1) is 23.9. The van der Waals surface area contributed by atoms with E-state index in [4.69, 9.17) is 0 Å². The van der Waals surface area contributed by atoms with Gasteiger partial charge < -0.3 is 15.5 Å². The van der Waals surface area contributed by atoms with E-state index in [9.17, 15) is 29.9 Å². The van der Waals surface area contributed by atoms with Crippen molar-refractivity contribution in [2.24, 2.45) is 5.92 Å². The van der Waals surface area contributed by atoms with Gasteiger partial charge in [-0.15, -0.1) is 0 Å². The van der Waals surface area contributed by atoms with Gasteiger partial charge in [-0.1, -0.05) is 25.0 Å². The molecule has 37 heavy (non-hydrogen) atoms. The number of fused-ring (bicyclic) bond motifs is 1. The second-order valence-corrected chi connectivity index (χ2v) is 9.03. The summed E-state index contributed by atoms with van der Waals surface area (Å²) >= 11 is 0. The number of phenolic OH excluding ortho intramolecular Hbond substituents is 2. The Hall–Kier alpha value is -4.80. The van der Waals surface area contributed by atoms with Crippen LogP contribution in [0.1, 0.15) is 52.0 Å². The SMILES string of the molecule is O=C(NCC1CCCC1)c1ccc(-c2cc3ncc(C(=O)c4c(O)ccc([N+](=O)[O-])c4O)cn3n2)cc1. The number of aromatic hydroxyl groups is 2. The van der Waals surface area contributed by atoms with E-state index in [-0.39, 0.29) is 11.5 Å². The Morgan fingerprint density at radius 1 is 1.08 bits per heavy atom. The van der Waals surface area contributed by atoms with Gasteiger partial charge in [-0.25, -0.2) is 9.50 Å². The van der Waals surface area contributed by atoms with Crippen molar-refractivity contribution in [1.82, 2.24) is 19.9 Å². The lowest BCUT2D eigenvalue weighted by molar-refractivity contribution is -0.385. The highest BCUT2D eigenvalue weighted by Gasteiger charge is 2.26. The molecule has 2 aromatic carbocycles. The maximum atomic E-state index is 13.0. The number of ketones is 1. The first-order valence-corrected chi connectivity index (χ1v) is 11.8. The van der Waals surface area contributed by atoms with Crippen LogP contribution in [-0.4, -0.2) is 48.0 Å². The highest BCUT2D eigenvalue weighted by atomic mass is 16.6. The number of phenols is 2. The first-order chi connectivity index (χ1) is 17.8. The second-order valence-electron chi connectivity index (χ2n) is 9.03. The number of nitrogens with one attached hydrogen (secondary N) is 1. The number of carbonyl (C=O) groups is 2. The topological polar surface area (TPSA) is 160 Å². The third-order valence-corrected chi connectivity index (χ3v) is 6.60. The molecule has 1 aliphatic carbocycles. The molecule has 0 saturated heterocycles. The number of benzene rings is 2. The summed E-state index contributed by atoms with van der Waals surface area (Å²) in [6, 6.07) is 10.6. The molecule has 188 valence electrons. The van der Waals surface area contributed by atoms with Crippen molar-refractivity contribution in [3.8, 4) is 22.8 Å². The number of rotatable bonds is 7. The van der Waals surface area contributed by atoms with Crippen LogP contribution in [0.15, 0.2) is 54.9 Å². The fraction of sp³-hybridized carbons (Fsp3) is 0.231. The normalized spacial score (nSPS) is 13.6. The fourth-order valence-corrected chi connectivity index (χ4v) is 4.57. The molecule has 2 heterocycles. The molecule has 2 aromatic heterocycles. The molecule has 0 bridgehead atoms. The van der Waals surface area contributed by atoms with Crippen LogP contribution in [0.4, 0.5) is 5.69 Å². The molecule has 3 N–H and O–H groups in total. The maximum Gasteiger partial charge on any atom is 0.311 e. The molecule has 1 fully saturated rings. The number of aromatic nitrogens is 3. The number of carbonyl (C=O) groups excluding carboxylic acids is 2. The quantitative estimate of drug-likeness (QED) is 0.195. The minimum atomic E-state index is -0.927. The van der Waals surface area contributed by atoms with Crippen molar-refractivity contribution >= 4 is 23.0 Å². The lowest BCUT2D eigenvalue weighted by Gasteiger charge is -2.10. The standard InChI is InChI=1S/C26H23N5O6/c32-21-10-9-20(31(36)37)25(34)23(21)24(33)18-13-27-22-11-19(29-30(22)14-18)16-5-7-17(8-6-16)26(35)28-12-15-3-1-2-4-15/h5-11,13-15,32,34H,1-4,12H2,(H,28,35). The summed E-state index contributed by atoms with van der Waals surface area (Å²) in [5, 5.41) is 38.8. The molecule has 0 radical (unpaired) electrons. The van der Waals surface area contributed by atoms with Crippen LogP contribution in [-0.2, 0) is 0 Å². The number of hydrogen-bond acceptors (Lipinski definition) is 8. The van der Waals surface area contributed by atoms with Crippen molar-refractivity contribution < 1.29 is 24.7 Å². The zero-order valence-electron chi connectivity index (χ0n) is 19.6. The van der Waals surface area contributed by atoms with Crippen molar-refractivity contribution in [3.63, 3.8) is 0 Å². The van der Waals surface area contributed by atoms with Crippen molar-refractivity contribution in [1.29, 1.82) is 0 Å². The Kier molecular flexibility index (Phi) is 6.26. The third-order valence-electron chi connectivity index (χ3n) is 6.60. The lowest BCUT2D eigenvalue weighted by Crippen LogP contribution is -2.28. The smallest absolute Gasteiger partial charge is 0.311 e. The van der Waals surface area contributed by atoms with Crippen LogP contribution in [0, 0.1) is 16.0 Å². The molecule has 1 saturated carbocycles. The highest BCUT2D eigenvalue weighted by Crippen LogP contribution is 2.37. The predicted octanol–water partition coefficient (Wildman–Crippen LogP) is 3.87. The van der Waals surface area contributed by atoms with Gasteiger partial charge in [0.25, 0.3) is 5.91 Å². The van der Waals surface area contributed by atoms with Crippen LogP contribution in [0.5, 0.6) is 11.5 Å². The van der Waals surface area contributed by atoms with Crippen LogP contribution in [0.2, 0.25) is 0 Å². The third kappa shape index (κ3) is 4.70. The van der Waals surface area contributed by atoms with Crippen LogP contribution in [0.25, 0.3) is 16.9 Å². The van der Waals surface area contributed by atoms with Crippen molar-refractivity contribution in [2.75, 3.05) is 6.54 Å². The number of hydrogen-bond donors (Lipinski definition) is 3. The summed E-state index contributed by atoms with van der Waals surface area (Å²) in [5.74, 6) is -1.94. The van der Waals surface area contributed by atoms with E-state index in [0.29, 0.717) is 29.4 Å². The summed E-state index contributed by atoms with van der Waals surface area (Å²) in [7, 11) is 0. The molecule has 0 spiro atoms. The van der Waals surface area contributed by atoms with Gasteiger partial charge in [-0.05, 0) is 37.0 Å². The predicted molar refractivity (Wildman–Crippen MR) is 133 cm³/mol. The van der Waals surface area contributed by atoms with E-state index in [1.165, 1.54) is 29.8 Å². The van der Waals surface area contributed by atoms with Gasteiger partial charge in [0.15, 0.2) is 5.65 Å². The van der Waals surface area contributed by atoms with Gasteiger partial charge in [0.1, 0.15) is 11.3 Å². The minimum absolute atomic E-state index is 0.0393. The molecule has 4 aromatic rings. The Morgan fingerprint density at radius 2 is 1.81 bits per heavy atom. The van der Waals surface area contributed by atoms with Crippen molar-refractivity contribution in [2.45, 2.75) is 25.7 Å². The molecule has 1 aliphatic rings. The van der Waals surface area contributed by atoms with Crippen molar-refractivity contribution in [3.05, 3.63) is 81.7 Å². The van der Waals surface area contributed by atoms with Crippen LogP contribution < -0.4 is 5.32 Å². The average molecular weight is 501 g/mol. The molecule has 5 rings (SSSR count). The zero-order valence-corrected chi connectivity index (χ0v) is 19.6. The van der Waals surface area contributed by atoms with E-state index in [2.05, 4.69) is 15.4 Å². The van der Waals surface area contributed by atoms with Gasteiger partial charge in [0.05, 0.1) is 16.2 Å². The first-order valence-electron chi connectivity index (χ1n) is 11.8. The Bertz CT molecular complexity index is 1520. The molecule has 11 nitrogen and oxygen atoms in total. The number of amides is 1. The fourth-order valence-electron chi connectivity index (χ4n) is 4.57. The molecule has 0 atom stereocenters. The Morgan fingerprint density at radius 3 is 2.51 bits per heavy atom. The van der Waals surface area contributed by atoms with Crippen LogP contribution in [0.3, 0.4) is 0 Å². The summed E-state index contributed by atoms with van der Waals surface area (Å²) in [6.07, 6.45) is 7.34. The molecular weight excluding hydrogens is 478 g/mol. The molecular formula is C26H23N5O6. The highest BCUT2D eigenvalue weighted by molar-refractivity contribution is 6.12. The number of nitrogens with zero attached hydrogens (tertiary/aromatic N) is 4. The summed E-state index contributed by atoms with van der Waals surface area (Å²) in [6.45, 7) is 0.686. The van der Waals surface area contributed by atoms with Gasteiger partial charge in [0.2, 0.25) is 11.5 Å².